The van der Waals surface area contributed by atoms with Crippen molar-refractivity contribution in [3.05, 3.63) is 62.5 Å². The molecule has 0 spiro atoms. The van der Waals surface area contributed by atoms with Gasteiger partial charge in [0.1, 0.15) is 0 Å². The Labute approximate surface area is 139 Å². The van der Waals surface area contributed by atoms with Crippen molar-refractivity contribution in [2.45, 2.75) is 6.92 Å². The van der Waals surface area contributed by atoms with Gasteiger partial charge in [-0.1, -0.05) is 49.1 Å². The van der Waals surface area contributed by atoms with Crippen LogP contribution in [0.25, 0.3) is 0 Å². The fourth-order valence-electron chi connectivity index (χ4n) is 1.77. The van der Waals surface area contributed by atoms with Gasteiger partial charge in [0, 0.05) is 25.8 Å². The van der Waals surface area contributed by atoms with E-state index >= 15 is 0 Å². The predicted octanol–water partition coefficient (Wildman–Crippen LogP) is 4.66. The van der Waals surface area contributed by atoms with Gasteiger partial charge in [0.05, 0.1) is 5.71 Å². The van der Waals surface area contributed by atoms with E-state index in [9.17, 15) is 4.79 Å². The molecule has 4 nitrogen and oxygen atoms in total. The molecule has 2 rings (SSSR count). The van der Waals surface area contributed by atoms with Gasteiger partial charge in [-0.2, -0.15) is 0 Å². The highest BCUT2D eigenvalue weighted by Crippen LogP contribution is 2.21. The van der Waals surface area contributed by atoms with Gasteiger partial charge in [-0.15, -0.1) is 0 Å². The Morgan fingerprint density at radius 2 is 1.76 bits per heavy atom. The van der Waals surface area contributed by atoms with Gasteiger partial charge in [-0.3, -0.25) is 4.79 Å². The topological polar surface area (TPSA) is 61.7 Å². The Morgan fingerprint density at radius 1 is 1.10 bits per heavy atom. The summed E-state index contributed by atoms with van der Waals surface area (Å²) in [4.78, 5) is 12.2. The van der Waals surface area contributed by atoms with Crippen molar-refractivity contribution in [3.8, 4) is 0 Å². The van der Waals surface area contributed by atoms with Crippen molar-refractivity contribution in [1.29, 1.82) is 0 Å². The zero-order chi connectivity index (χ0) is 15.4. The fraction of sp³-hybridized carbons (Fsp3) is 0.0667. The quantitative estimate of drug-likeness (QED) is 0.438. The number of oxime groups is 1. The van der Waals surface area contributed by atoms with E-state index in [0.717, 1.165) is 14.5 Å². The maximum absolute atomic E-state index is 12.2. The number of anilines is 1. The summed E-state index contributed by atoms with van der Waals surface area (Å²) < 4.78 is 1.64. The molecule has 0 heterocycles. The second-order valence-electron chi connectivity index (χ2n) is 4.38. The minimum Gasteiger partial charge on any atom is -0.411 e. The van der Waals surface area contributed by atoms with Gasteiger partial charge in [0.25, 0.3) is 5.91 Å². The molecular formula is C15H12Br2N2O2. The van der Waals surface area contributed by atoms with Crippen LogP contribution in [0.3, 0.4) is 0 Å². The molecule has 0 aromatic heterocycles. The first kappa shape index (κ1) is 15.7. The first-order chi connectivity index (χ1) is 9.99. The van der Waals surface area contributed by atoms with Gasteiger partial charge >= 0.3 is 0 Å². The molecule has 6 heteroatoms. The summed E-state index contributed by atoms with van der Waals surface area (Å²) in [6.45, 7) is 1.69. The van der Waals surface area contributed by atoms with E-state index in [2.05, 4.69) is 42.3 Å². The summed E-state index contributed by atoms with van der Waals surface area (Å²) in [5.74, 6) is -0.215. The van der Waals surface area contributed by atoms with Gasteiger partial charge in [-0.25, -0.2) is 0 Å². The van der Waals surface area contributed by atoms with Crippen LogP contribution < -0.4 is 5.32 Å². The third kappa shape index (κ3) is 4.15. The van der Waals surface area contributed by atoms with Crippen LogP contribution in [0.15, 0.2) is 56.6 Å². The number of benzene rings is 2. The lowest BCUT2D eigenvalue weighted by Crippen LogP contribution is -2.12. The summed E-state index contributed by atoms with van der Waals surface area (Å²) in [5.41, 5.74) is 2.40. The lowest BCUT2D eigenvalue weighted by molar-refractivity contribution is 0.102. The van der Waals surface area contributed by atoms with Crippen LogP contribution in [0.4, 0.5) is 5.69 Å². The third-order valence-corrected chi connectivity index (χ3v) is 3.73. The number of hydrogen-bond acceptors (Lipinski definition) is 3. The number of rotatable bonds is 3. The van der Waals surface area contributed by atoms with Crippen molar-refractivity contribution in [1.82, 2.24) is 0 Å². The summed E-state index contributed by atoms with van der Waals surface area (Å²) in [5, 5.41) is 14.8. The molecule has 0 bridgehead atoms. The summed E-state index contributed by atoms with van der Waals surface area (Å²) in [6, 6.07) is 12.5. The molecule has 0 unspecified atom stereocenters. The van der Waals surface area contributed by atoms with Crippen LogP contribution in [0.1, 0.15) is 22.8 Å². The molecular weight excluding hydrogens is 400 g/mol. The fourth-order valence-corrected chi connectivity index (χ4v) is 3.06. The molecule has 0 atom stereocenters. The maximum atomic E-state index is 12.2. The molecule has 2 N–H and O–H groups in total. The summed E-state index contributed by atoms with van der Waals surface area (Å²) in [6.07, 6.45) is 0. The van der Waals surface area contributed by atoms with E-state index in [1.807, 2.05) is 6.07 Å². The van der Waals surface area contributed by atoms with Crippen molar-refractivity contribution >= 4 is 49.2 Å². The van der Waals surface area contributed by atoms with E-state index in [4.69, 9.17) is 5.21 Å². The summed E-state index contributed by atoms with van der Waals surface area (Å²) in [7, 11) is 0. The second-order valence-corrected chi connectivity index (χ2v) is 6.21. The van der Waals surface area contributed by atoms with Crippen molar-refractivity contribution < 1.29 is 10.0 Å². The molecule has 0 aliphatic carbocycles. The minimum atomic E-state index is -0.215. The number of halogens is 2. The Balaban J connectivity index is 2.23. The Hall–Kier alpha value is -1.66. The number of carbonyl (C=O) groups excluding carboxylic acids is 1. The molecule has 0 aliphatic rings. The molecule has 0 saturated carbocycles. The normalized spacial score (nSPS) is 11.3. The summed E-state index contributed by atoms with van der Waals surface area (Å²) >= 11 is 6.71. The largest absolute Gasteiger partial charge is 0.411 e. The highest BCUT2D eigenvalue weighted by Gasteiger charge is 2.09. The van der Waals surface area contributed by atoms with E-state index in [1.54, 1.807) is 43.3 Å². The average Bonchev–Trinajstić information content (AvgIpc) is 2.45. The van der Waals surface area contributed by atoms with Gasteiger partial charge in [-0.05, 0) is 37.3 Å². The number of nitrogens with one attached hydrogen (secondary N) is 1. The second kappa shape index (κ2) is 6.87. The third-order valence-electron chi connectivity index (χ3n) is 2.81. The molecule has 1 amide bonds. The standard InChI is InChI=1S/C15H12Br2N2O2/c1-9(19-21)10-3-2-4-14(7-10)18-15(20)11-5-12(16)8-13(17)6-11/h2-8,21H,1H3,(H,18,20)/b19-9-. The van der Waals surface area contributed by atoms with E-state index < -0.39 is 0 Å². The number of nitrogens with zero attached hydrogens (tertiary/aromatic N) is 1. The Bertz CT molecular complexity index is 694. The Morgan fingerprint density at radius 3 is 2.38 bits per heavy atom. The average molecular weight is 412 g/mol. The molecule has 0 saturated heterocycles. The molecule has 2 aromatic carbocycles. The van der Waals surface area contributed by atoms with Crippen LogP contribution in [0.2, 0.25) is 0 Å². The van der Waals surface area contributed by atoms with Crippen LogP contribution >= 0.6 is 31.9 Å². The highest BCUT2D eigenvalue weighted by atomic mass is 79.9. The first-order valence-corrected chi connectivity index (χ1v) is 7.65. The minimum absolute atomic E-state index is 0.215. The van der Waals surface area contributed by atoms with Crippen LogP contribution in [-0.2, 0) is 0 Å². The zero-order valence-corrected chi connectivity index (χ0v) is 14.3. The number of amides is 1. The van der Waals surface area contributed by atoms with Crippen molar-refractivity contribution in [3.63, 3.8) is 0 Å². The zero-order valence-electron chi connectivity index (χ0n) is 11.1. The van der Waals surface area contributed by atoms with Crippen LogP contribution in [-0.4, -0.2) is 16.8 Å². The van der Waals surface area contributed by atoms with E-state index in [1.165, 1.54) is 0 Å². The maximum Gasteiger partial charge on any atom is 0.255 e. The smallest absolute Gasteiger partial charge is 0.255 e. The van der Waals surface area contributed by atoms with Crippen LogP contribution in [0, 0.1) is 0 Å². The SMILES string of the molecule is C/C(=N/O)c1cccc(NC(=O)c2cc(Br)cc(Br)c2)c1. The highest BCUT2D eigenvalue weighted by molar-refractivity contribution is 9.11. The monoisotopic (exact) mass is 410 g/mol. The van der Waals surface area contributed by atoms with Crippen molar-refractivity contribution in [2.24, 2.45) is 5.16 Å². The lowest BCUT2D eigenvalue weighted by atomic mass is 10.1. The van der Waals surface area contributed by atoms with Gasteiger partial charge in [0.2, 0.25) is 0 Å². The predicted molar refractivity (Wildman–Crippen MR) is 90.2 cm³/mol. The van der Waals surface area contributed by atoms with Gasteiger partial charge in [0.15, 0.2) is 0 Å². The molecule has 0 aliphatic heterocycles. The molecule has 108 valence electrons. The molecule has 0 fully saturated rings. The first-order valence-electron chi connectivity index (χ1n) is 6.06. The van der Waals surface area contributed by atoms with Crippen molar-refractivity contribution in [2.75, 3.05) is 5.32 Å². The van der Waals surface area contributed by atoms with E-state index in [0.29, 0.717) is 17.0 Å². The van der Waals surface area contributed by atoms with Crippen LogP contribution in [0.5, 0.6) is 0 Å². The van der Waals surface area contributed by atoms with E-state index in [-0.39, 0.29) is 5.91 Å². The molecule has 2 aromatic rings. The number of carbonyl (C=O) groups is 1. The molecule has 21 heavy (non-hydrogen) atoms. The Kier molecular flexibility index (Phi) is 5.14. The molecule has 0 radical (unpaired) electrons. The van der Waals surface area contributed by atoms with Gasteiger partial charge < -0.3 is 10.5 Å². The lowest BCUT2D eigenvalue weighted by Gasteiger charge is -2.08. The number of hydrogen-bond donors (Lipinski definition) is 2.